The van der Waals surface area contributed by atoms with E-state index in [2.05, 4.69) is 15.6 Å². The molecule has 0 aliphatic heterocycles. The van der Waals surface area contributed by atoms with Crippen molar-refractivity contribution in [1.29, 1.82) is 0 Å². The van der Waals surface area contributed by atoms with Crippen LogP contribution in [0.25, 0.3) is 0 Å². The SMILES string of the molecule is CCNC(=NCCC(=O)N(CC)CC)Nc1ccc(OCC)c(OC)c1.I. The third kappa shape index (κ3) is 8.68. The number of guanidine groups is 1. The predicted octanol–water partition coefficient (Wildman–Crippen LogP) is 3.35. The van der Waals surface area contributed by atoms with E-state index in [1.165, 1.54) is 0 Å². The molecule has 0 spiro atoms. The molecule has 1 aromatic carbocycles. The Kier molecular flexibility index (Phi) is 13.5. The number of anilines is 1. The quantitative estimate of drug-likeness (QED) is 0.298. The summed E-state index contributed by atoms with van der Waals surface area (Å²) in [5.41, 5.74) is 0.833. The number of hydrogen-bond donors (Lipinski definition) is 2. The van der Waals surface area contributed by atoms with Gasteiger partial charge in [0.1, 0.15) is 0 Å². The minimum Gasteiger partial charge on any atom is -0.493 e. The highest BCUT2D eigenvalue weighted by Gasteiger charge is 2.09. The first-order valence-electron chi connectivity index (χ1n) is 9.23. The number of halogens is 1. The molecular weight excluding hydrogens is 459 g/mol. The Bertz CT molecular complexity index is 592. The highest BCUT2D eigenvalue weighted by Crippen LogP contribution is 2.30. The second-order valence-corrected chi connectivity index (χ2v) is 5.50. The van der Waals surface area contributed by atoms with Crippen LogP contribution in [0.1, 0.15) is 34.1 Å². The van der Waals surface area contributed by atoms with Crippen LogP contribution in [0.4, 0.5) is 5.69 Å². The summed E-state index contributed by atoms with van der Waals surface area (Å²) in [6, 6.07) is 5.62. The molecule has 7 nitrogen and oxygen atoms in total. The van der Waals surface area contributed by atoms with Crippen LogP contribution in [0, 0.1) is 0 Å². The summed E-state index contributed by atoms with van der Waals surface area (Å²) in [6.45, 7) is 11.1. The molecule has 1 amide bonds. The minimum atomic E-state index is 0. The molecule has 0 aromatic heterocycles. The number of nitrogens with zero attached hydrogens (tertiary/aromatic N) is 2. The van der Waals surface area contributed by atoms with Gasteiger partial charge in [0.2, 0.25) is 5.91 Å². The number of amides is 1. The average molecular weight is 492 g/mol. The van der Waals surface area contributed by atoms with Crippen LogP contribution in [0.2, 0.25) is 0 Å². The van der Waals surface area contributed by atoms with Crippen LogP contribution in [0.5, 0.6) is 11.5 Å². The fraction of sp³-hybridized carbons (Fsp3) is 0.579. The zero-order valence-electron chi connectivity index (χ0n) is 17.0. The van der Waals surface area contributed by atoms with E-state index in [0.29, 0.717) is 37.0 Å². The van der Waals surface area contributed by atoms with E-state index >= 15 is 0 Å². The zero-order chi connectivity index (χ0) is 19.4. The number of nitrogens with one attached hydrogen (secondary N) is 2. The van der Waals surface area contributed by atoms with Crippen LogP contribution < -0.4 is 20.1 Å². The summed E-state index contributed by atoms with van der Waals surface area (Å²) in [5, 5.41) is 6.41. The Morgan fingerprint density at radius 1 is 1.15 bits per heavy atom. The lowest BCUT2D eigenvalue weighted by molar-refractivity contribution is -0.130. The molecule has 0 saturated heterocycles. The predicted molar refractivity (Wildman–Crippen MR) is 122 cm³/mol. The number of carbonyl (C=O) groups excluding carboxylic acids is 1. The highest BCUT2D eigenvalue weighted by molar-refractivity contribution is 14.0. The Hall–Kier alpha value is -1.71. The molecule has 8 heteroatoms. The number of aliphatic imine (C=N–C) groups is 1. The first-order valence-corrected chi connectivity index (χ1v) is 9.23. The first-order chi connectivity index (χ1) is 12.6. The Morgan fingerprint density at radius 3 is 2.41 bits per heavy atom. The van der Waals surface area contributed by atoms with Crippen molar-refractivity contribution in [3.8, 4) is 11.5 Å². The van der Waals surface area contributed by atoms with Crippen LogP contribution in [0.3, 0.4) is 0 Å². The highest BCUT2D eigenvalue weighted by atomic mass is 127. The van der Waals surface area contributed by atoms with Gasteiger partial charge in [-0.05, 0) is 39.8 Å². The Labute approximate surface area is 179 Å². The summed E-state index contributed by atoms with van der Waals surface area (Å²) in [4.78, 5) is 18.4. The van der Waals surface area contributed by atoms with E-state index in [4.69, 9.17) is 9.47 Å². The standard InChI is InChI=1S/C19H32N4O3.HI/c1-6-20-19(21-13-12-18(24)23(7-2)8-3)22-15-10-11-16(26-9-4)17(14-15)25-5;/h10-11,14H,6-9,12-13H2,1-5H3,(H2,20,21,22);1H. The van der Waals surface area contributed by atoms with Gasteiger partial charge >= 0.3 is 0 Å². The first kappa shape index (κ1) is 25.3. The third-order valence-electron chi connectivity index (χ3n) is 3.78. The van der Waals surface area contributed by atoms with Gasteiger partial charge in [0, 0.05) is 37.8 Å². The van der Waals surface area contributed by atoms with E-state index in [-0.39, 0.29) is 29.9 Å². The molecule has 27 heavy (non-hydrogen) atoms. The zero-order valence-corrected chi connectivity index (χ0v) is 19.3. The molecule has 154 valence electrons. The lowest BCUT2D eigenvalue weighted by Crippen LogP contribution is -2.32. The summed E-state index contributed by atoms with van der Waals surface area (Å²) < 4.78 is 10.9. The average Bonchev–Trinajstić information content (AvgIpc) is 2.64. The van der Waals surface area contributed by atoms with Crippen LogP contribution in [0.15, 0.2) is 23.2 Å². The van der Waals surface area contributed by atoms with Crippen molar-refractivity contribution in [2.24, 2.45) is 4.99 Å². The molecule has 0 atom stereocenters. The van der Waals surface area contributed by atoms with Crippen molar-refractivity contribution in [3.05, 3.63) is 18.2 Å². The second-order valence-electron chi connectivity index (χ2n) is 5.50. The number of benzene rings is 1. The number of carbonyl (C=O) groups is 1. The number of ether oxygens (including phenoxy) is 2. The van der Waals surface area contributed by atoms with Gasteiger partial charge in [-0.1, -0.05) is 0 Å². The number of hydrogen-bond acceptors (Lipinski definition) is 4. The lowest BCUT2D eigenvalue weighted by Gasteiger charge is -2.18. The monoisotopic (exact) mass is 492 g/mol. The summed E-state index contributed by atoms with van der Waals surface area (Å²) in [5.74, 6) is 2.11. The van der Waals surface area contributed by atoms with Gasteiger partial charge in [-0.3, -0.25) is 9.79 Å². The van der Waals surface area contributed by atoms with Gasteiger partial charge in [-0.2, -0.15) is 0 Å². The molecule has 1 rings (SSSR count). The molecular formula is C19H33IN4O3. The van der Waals surface area contributed by atoms with Gasteiger partial charge in [0.15, 0.2) is 17.5 Å². The molecule has 0 heterocycles. The molecule has 1 aromatic rings. The Balaban J connectivity index is 0.00000676. The maximum atomic E-state index is 12.1. The molecule has 0 aliphatic rings. The van der Waals surface area contributed by atoms with Crippen molar-refractivity contribution in [2.75, 3.05) is 45.2 Å². The summed E-state index contributed by atoms with van der Waals surface area (Å²) in [6.07, 6.45) is 0.394. The van der Waals surface area contributed by atoms with Gasteiger partial charge in [-0.15, -0.1) is 24.0 Å². The van der Waals surface area contributed by atoms with E-state index in [1.54, 1.807) is 7.11 Å². The minimum absolute atomic E-state index is 0. The van der Waals surface area contributed by atoms with Crippen LogP contribution in [-0.2, 0) is 4.79 Å². The molecule has 2 N–H and O–H groups in total. The van der Waals surface area contributed by atoms with E-state index in [9.17, 15) is 4.79 Å². The third-order valence-corrected chi connectivity index (χ3v) is 3.78. The van der Waals surface area contributed by atoms with Crippen molar-refractivity contribution < 1.29 is 14.3 Å². The van der Waals surface area contributed by atoms with Gasteiger partial charge in [-0.25, -0.2) is 0 Å². The van der Waals surface area contributed by atoms with E-state index < -0.39 is 0 Å². The van der Waals surface area contributed by atoms with Crippen LogP contribution >= 0.6 is 24.0 Å². The molecule has 0 unspecified atom stereocenters. The maximum Gasteiger partial charge on any atom is 0.224 e. The topological polar surface area (TPSA) is 75.2 Å². The largest absolute Gasteiger partial charge is 0.493 e. The molecule has 0 fully saturated rings. The summed E-state index contributed by atoms with van der Waals surface area (Å²) >= 11 is 0. The molecule has 0 aliphatic carbocycles. The van der Waals surface area contributed by atoms with Gasteiger partial charge in [0.25, 0.3) is 0 Å². The molecule has 0 saturated carbocycles. The number of rotatable bonds is 10. The van der Waals surface area contributed by atoms with Crippen molar-refractivity contribution >= 4 is 41.5 Å². The fourth-order valence-corrected chi connectivity index (χ4v) is 2.46. The normalized spacial score (nSPS) is 10.6. The fourth-order valence-electron chi connectivity index (χ4n) is 2.46. The Morgan fingerprint density at radius 2 is 1.85 bits per heavy atom. The lowest BCUT2D eigenvalue weighted by atomic mass is 10.2. The number of methoxy groups -OCH3 is 1. The van der Waals surface area contributed by atoms with Crippen LogP contribution in [-0.4, -0.2) is 56.7 Å². The second kappa shape index (κ2) is 14.4. The smallest absolute Gasteiger partial charge is 0.224 e. The van der Waals surface area contributed by atoms with Crippen molar-refractivity contribution in [3.63, 3.8) is 0 Å². The van der Waals surface area contributed by atoms with E-state index in [0.717, 1.165) is 25.3 Å². The summed E-state index contributed by atoms with van der Waals surface area (Å²) in [7, 11) is 1.61. The molecule has 0 radical (unpaired) electrons. The maximum absolute atomic E-state index is 12.1. The molecule has 0 bridgehead atoms. The van der Waals surface area contributed by atoms with Crippen molar-refractivity contribution in [2.45, 2.75) is 34.1 Å². The van der Waals surface area contributed by atoms with Crippen molar-refractivity contribution in [1.82, 2.24) is 10.2 Å². The van der Waals surface area contributed by atoms with Gasteiger partial charge in [0.05, 0.1) is 20.3 Å². The van der Waals surface area contributed by atoms with Gasteiger partial charge < -0.3 is 25.0 Å². The van der Waals surface area contributed by atoms with E-state index in [1.807, 2.05) is 50.8 Å².